The molecular formula is C11H14BrNO5S2. The van der Waals surface area contributed by atoms with E-state index in [1.807, 2.05) is 0 Å². The number of halogens is 1. The molecule has 2 rings (SSSR count). The van der Waals surface area contributed by atoms with E-state index < -0.39 is 21.5 Å². The van der Waals surface area contributed by atoms with Gasteiger partial charge in [-0.2, -0.15) is 0 Å². The third kappa shape index (κ3) is 3.40. The number of nitrogens with one attached hydrogen (secondary N) is 1. The number of carboxylic acid groups (broad SMARTS) is 1. The van der Waals surface area contributed by atoms with Crippen LogP contribution in [0.4, 0.5) is 0 Å². The molecule has 1 saturated heterocycles. The minimum absolute atomic E-state index is 0.0257. The van der Waals surface area contributed by atoms with Crippen LogP contribution in [0.5, 0.6) is 0 Å². The zero-order valence-corrected chi connectivity index (χ0v) is 13.9. The maximum Gasteiger partial charge on any atom is 0.345 e. The van der Waals surface area contributed by atoms with Crippen LogP contribution < -0.4 is 4.72 Å². The molecule has 0 radical (unpaired) electrons. The summed E-state index contributed by atoms with van der Waals surface area (Å²) < 4.78 is 33.0. The fourth-order valence-electron chi connectivity index (χ4n) is 2.03. The molecule has 6 nitrogen and oxygen atoms in total. The number of ether oxygens (including phenoxy) is 1. The van der Waals surface area contributed by atoms with Crippen molar-refractivity contribution >= 4 is 43.3 Å². The van der Waals surface area contributed by atoms with Crippen molar-refractivity contribution in [2.45, 2.75) is 30.2 Å². The van der Waals surface area contributed by atoms with Gasteiger partial charge in [0.05, 0.1) is 15.9 Å². The number of aromatic carboxylic acids is 1. The average Bonchev–Trinajstić information content (AvgIpc) is 2.72. The Morgan fingerprint density at radius 3 is 2.80 bits per heavy atom. The third-order valence-corrected chi connectivity index (χ3v) is 6.85. The maximum absolute atomic E-state index is 12.4. The smallest absolute Gasteiger partial charge is 0.345 e. The Morgan fingerprint density at radius 2 is 2.30 bits per heavy atom. The van der Waals surface area contributed by atoms with Crippen LogP contribution >= 0.6 is 27.3 Å². The SMILES string of the molecule is CC1(NS(=O)(=O)c2cc(C(=O)O)sc2Br)CCCOC1. The van der Waals surface area contributed by atoms with Gasteiger partial charge in [0.15, 0.2) is 0 Å². The molecule has 0 aliphatic carbocycles. The molecule has 1 fully saturated rings. The summed E-state index contributed by atoms with van der Waals surface area (Å²) >= 11 is 3.99. The van der Waals surface area contributed by atoms with Gasteiger partial charge in [0.25, 0.3) is 0 Å². The summed E-state index contributed by atoms with van der Waals surface area (Å²) in [5.41, 5.74) is -0.665. The highest BCUT2D eigenvalue weighted by Crippen LogP contribution is 2.33. The van der Waals surface area contributed by atoms with Crippen LogP contribution in [0.2, 0.25) is 0 Å². The summed E-state index contributed by atoms with van der Waals surface area (Å²) in [5, 5.41) is 8.91. The largest absolute Gasteiger partial charge is 0.477 e. The molecule has 0 saturated carbocycles. The van der Waals surface area contributed by atoms with Crippen molar-refractivity contribution in [2.75, 3.05) is 13.2 Å². The van der Waals surface area contributed by atoms with E-state index in [-0.39, 0.29) is 13.6 Å². The summed E-state index contributed by atoms with van der Waals surface area (Å²) in [6, 6.07) is 1.16. The Bertz CT molecular complexity index is 619. The van der Waals surface area contributed by atoms with Gasteiger partial charge in [-0.1, -0.05) is 0 Å². The molecule has 1 aliphatic rings. The standard InChI is InChI=1S/C11H14BrNO5S2/c1-11(3-2-4-18-6-11)13-20(16,17)8-5-7(10(14)15)19-9(8)12/h5,13H,2-4,6H2,1H3,(H,14,15). The van der Waals surface area contributed by atoms with E-state index in [1.165, 1.54) is 0 Å². The second kappa shape index (κ2) is 5.72. The van der Waals surface area contributed by atoms with Crippen molar-refractivity contribution in [2.24, 2.45) is 0 Å². The third-order valence-electron chi connectivity index (χ3n) is 2.97. The molecule has 0 amide bonds. The van der Waals surface area contributed by atoms with Crippen LogP contribution in [0.1, 0.15) is 29.4 Å². The summed E-state index contributed by atoms with van der Waals surface area (Å²) in [6.07, 6.45) is 1.46. The topological polar surface area (TPSA) is 92.7 Å². The molecule has 20 heavy (non-hydrogen) atoms. The lowest BCUT2D eigenvalue weighted by atomic mass is 9.97. The molecule has 0 bridgehead atoms. The zero-order chi connectivity index (χ0) is 15.0. The lowest BCUT2D eigenvalue weighted by Crippen LogP contribution is -2.51. The Morgan fingerprint density at radius 1 is 1.60 bits per heavy atom. The molecule has 1 unspecified atom stereocenters. The second-order valence-electron chi connectivity index (χ2n) is 4.88. The van der Waals surface area contributed by atoms with Gasteiger partial charge in [-0.05, 0) is 41.8 Å². The quantitative estimate of drug-likeness (QED) is 0.829. The van der Waals surface area contributed by atoms with E-state index in [1.54, 1.807) is 6.92 Å². The van der Waals surface area contributed by atoms with Gasteiger partial charge in [0.1, 0.15) is 9.77 Å². The number of thiophene rings is 1. The zero-order valence-electron chi connectivity index (χ0n) is 10.7. The molecule has 112 valence electrons. The molecule has 1 atom stereocenters. The van der Waals surface area contributed by atoms with Gasteiger partial charge in [0.2, 0.25) is 10.0 Å². The van der Waals surface area contributed by atoms with Gasteiger partial charge >= 0.3 is 5.97 Å². The lowest BCUT2D eigenvalue weighted by molar-refractivity contribution is 0.0386. The van der Waals surface area contributed by atoms with Crippen molar-refractivity contribution in [1.29, 1.82) is 0 Å². The van der Waals surface area contributed by atoms with E-state index in [9.17, 15) is 13.2 Å². The normalized spacial score (nSPS) is 23.7. The van der Waals surface area contributed by atoms with Crippen LogP contribution in [0, 0.1) is 0 Å². The maximum atomic E-state index is 12.4. The van der Waals surface area contributed by atoms with Crippen LogP contribution in [-0.2, 0) is 14.8 Å². The first-order chi connectivity index (χ1) is 9.23. The van der Waals surface area contributed by atoms with E-state index in [4.69, 9.17) is 9.84 Å². The van der Waals surface area contributed by atoms with Crippen molar-refractivity contribution in [3.63, 3.8) is 0 Å². The number of hydrogen-bond donors (Lipinski definition) is 2. The van der Waals surface area contributed by atoms with E-state index in [0.717, 1.165) is 23.8 Å². The minimum atomic E-state index is -3.79. The summed E-state index contributed by atoms with van der Waals surface area (Å²) in [6.45, 7) is 2.71. The van der Waals surface area contributed by atoms with Crippen LogP contribution in [0.15, 0.2) is 14.7 Å². The second-order valence-corrected chi connectivity index (χ2v) is 8.90. The average molecular weight is 384 g/mol. The lowest BCUT2D eigenvalue weighted by Gasteiger charge is -2.33. The van der Waals surface area contributed by atoms with E-state index in [2.05, 4.69) is 20.7 Å². The first-order valence-corrected chi connectivity index (χ1v) is 8.97. The minimum Gasteiger partial charge on any atom is -0.477 e. The molecule has 2 N–H and O–H groups in total. The summed E-state index contributed by atoms with van der Waals surface area (Å²) in [7, 11) is -3.79. The van der Waals surface area contributed by atoms with Crippen molar-refractivity contribution < 1.29 is 23.1 Å². The molecular weight excluding hydrogens is 370 g/mol. The number of carboxylic acids is 1. The Labute approximate surface area is 129 Å². The van der Waals surface area contributed by atoms with Gasteiger partial charge in [0, 0.05) is 6.61 Å². The molecule has 0 spiro atoms. The molecule has 2 heterocycles. The van der Waals surface area contributed by atoms with Gasteiger partial charge in [-0.25, -0.2) is 17.9 Å². The van der Waals surface area contributed by atoms with E-state index in [0.29, 0.717) is 19.6 Å². The number of rotatable bonds is 4. The predicted molar refractivity (Wildman–Crippen MR) is 77.8 cm³/mol. The van der Waals surface area contributed by atoms with Crippen molar-refractivity contribution in [1.82, 2.24) is 4.72 Å². The highest BCUT2D eigenvalue weighted by Gasteiger charge is 2.34. The molecule has 9 heteroatoms. The Hall–Kier alpha value is -0.480. The van der Waals surface area contributed by atoms with E-state index >= 15 is 0 Å². The Kier molecular flexibility index (Phi) is 4.55. The first kappa shape index (κ1) is 15.9. The number of hydrogen-bond acceptors (Lipinski definition) is 5. The van der Waals surface area contributed by atoms with Crippen molar-refractivity contribution in [3.8, 4) is 0 Å². The molecule has 0 aromatic carbocycles. The van der Waals surface area contributed by atoms with Gasteiger partial charge in [-0.15, -0.1) is 11.3 Å². The van der Waals surface area contributed by atoms with Crippen molar-refractivity contribution in [3.05, 3.63) is 14.7 Å². The fourth-order valence-corrected chi connectivity index (χ4v) is 5.86. The molecule has 1 aliphatic heterocycles. The summed E-state index contributed by atoms with van der Waals surface area (Å²) in [5.74, 6) is -1.15. The highest BCUT2D eigenvalue weighted by atomic mass is 79.9. The highest BCUT2D eigenvalue weighted by molar-refractivity contribution is 9.11. The molecule has 1 aromatic rings. The summed E-state index contributed by atoms with van der Waals surface area (Å²) in [4.78, 5) is 10.8. The van der Waals surface area contributed by atoms with Crippen LogP contribution in [0.3, 0.4) is 0 Å². The van der Waals surface area contributed by atoms with Crippen LogP contribution in [0.25, 0.3) is 0 Å². The van der Waals surface area contributed by atoms with Gasteiger partial charge in [-0.3, -0.25) is 0 Å². The fraction of sp³-hybridized carbons (Fsp3) is 0.545. The first-order valence-electron chi connectivity index (χ1n) is 5.88. The van der Waals surface area contributed by atoms with Crippen LogP contribution in [-0.4, -0.2) is 38.2 Å². The Balaban J connectivity index is 2.28. The molecule has 1 aromatic heterocycles. The number of sulfonamides is 1. The number of carbonyl (C=O) groups is 1. The monoisotopic (exact) mass is 383 g/mol. The predicted octanol–water partition coefficient (Wildman–Crippen LogP) is 2.06. The van der Waals surface area contributed by atoms with Gasteiger partial charge < -0.3 is 9.84 Å².